The van der Waals surface area contributed by atoms with Gasteiger partial charge in [-0.1, -0.05) is 30.3 Å². The average Bonchev–Trinajstić information content (AvgIpc) is 2.54. The van der Waals surface area contributed by atoms with Gasteiger partial charge >= 0.3 is 0 Å². The zero-order valence-corrected chi connectivity index (χ0v) is 11.9. The first-order chi connectivity index (χ1) is 10.3. The molecule has 0 aliphatic heterocycles. The summed E-state index contributed by atoms with van der Waals surface area (Å²) < 4.78 is 13.0. The van der Waals surface area contributed by atoms with Crippen molar-refractivity contribution >= 4 is 10.8 Å². The summed E-state index contributed by atoms with van der Waals surface area (Å²) >= 11 is 0. The van der Waals surface area contributed by atoms with Crippen molar-refractivity contribution < 1.29 is 4.39 Å². The van der Waals surface area contributed by atoms with Gasteiger partial charge in [-0.25, -0.2) is 4.39 Å². The fourth-order valence-corrected chi connectivity index (χ4v) is 2.68. The summed E-state index contributed by atoms with van der Waals surface area (Å²) in [5.74, 6) is -0.198. The third-order valence-corrected chi connectivity index (χ3v) is 3.79. The molecule has 0 amide bonds. The molecule has 2 aromatic carbocycles. The van der Waals surface area contributed by atoms with Gasteiger partial charge in [0, 0.05) is 23.8 Å². The van der Waals surface area contributed by atoms with E-state index in [1.807, 2.05) is 43.7 Å². The number of nitrogens with one attached hydrogen (secondary N) is 1. The standard InChI is InChI=1S/C18H17FN2/c1-20-18(11-13-5-7-15(19)8-6-13)17-4-2-3-14-12-21-10-9-16(14)17/h2-10,12,18,20H,11H2,1H3. The number of hydrogen-bond donors (Lipinski definition) is 1. The van der Waals surface area contributed by atoms with Crippen molar-refractivity contribution in [1.82, 2.24) is 10.3 Å². The largest absolute Gasteiger partial charge is 0.313 e. The van der Waals surface area contributed by atoms with Crippen LogP contribution < -0.4 is 5.32 Å². The van der Waals surface area contributed by atoms with Crippen molar-refractivity contribution in [2.24, 2.45) is 0 Å². The molecule has 2 nitrogen and oxygen atoms in total. The van der Waals surface area contributed by atoms with Crippen molar-refractivity contribution in [3.63, 3.8) is 0 Å². The maximum atomic E-state index is 13.0. The number of benzene rings is 2. The van der Waals surface area contributed by atoms with Crippen LogP contribution in [0.1, 0.15) is 17.2 Å². The Morgan fingerprint density at radius 1 is 1.10 bits per heavy atom. The van der Waals surface area contributed by atoms with Crippen LogP contribution in [0.4, 0.5) is 4.39 Å². The highest BCUT2D eigenvalue weighted by molar-refractivity contribution is 5.85. The van der Waals surface area contributed by atoms with Crippen LogP contribution in [0.5, 0.6) is 0 Å². The van der Waals surface area contributed by atoms with Crippen molar-refractivity contribution in [3.8, 4) is 0 Å². The van der Waals surface area contributed by atoms with E-state index >= 15 is 0 Å². The predicted octanol–water partition coefficient (Wildman–Crippen LogP) is 3.88. The second-order valence-corrected chi connectivity index (χ2v) is 5.12. The van der Waals surface area contributed by atoms with Crippen LogP contribution in [0.15, 0.2) is 60.9 Å². The molecule has 1 N–H and O–H groups in total. The molecule has 1 heterocycles. The maximum Gasteiger partial charge on any atom is 0.123 e. The molecule has 0 aliphatic carbocycles. The fraction of sp³-hybridized carbons (Fsp3) is 0.167. The van der Waals surface area contributed by atoms with E-state index in [-0.39, 0.29) is 11.9 Å². The molecule has 1 aromatic heterocycles. The van der Waals surface area contributed by atoms with E-state index in [0.29, 0.717) is 0 Å². The second kappa shape index (κ2) is 6.02. The molecule has 1 unspecified atom stereocenters. The van der Waals surface area contributed by atoms with Crippen molar-refractivity contribution in [3.05, 3.63) is 77.9 Å². The molecule has 0 radical (unpaired) electrons. The van der Waals surface area contributed by atoms with Gasteiger partial charge in [-0.2, -0.15) is 0 Å². The van der Waals surface area contributed by atoms with Gasteiger partial charge in [-0.3, -0.25) is 4.98 Å². The Morgan fingerprint density at radius 3 is 2.67 bits per heavy atom. The van der Waals surface area contributed by atoms with Crippen molar-refractivity contribution in [2.45, 2.75) is 12.5 Å². The Morgan fingerprint density at radius 2 is 1.90 bits per heavy atom. The highest BCUT2D eigenvalue weighted by Gasteiger charge is 2.13. The van der Waals surface area contributed by atoms with Crippen LogP contribution in [0.3, 0.4) is 0 Å². The molecule has 0 saturated heterocycles. The third-order valence-electron chi connectivity index (χ3n) is 3.79. The molecule has 21 heavy (non-hydrogen) atoms. The van der Waals surface area contributed by atoms with Crippen molar-refractivity contribution in [2.75, 3.05) is 7.05 Å². The van der Waals surface area contributed by atoms with Crippen LogP contribution in [-0.4, -0.2) is 12.0 Å². The number of rotatable bonds is 4. The first-order valence-corrected chi connectivity index (χ1v) is 7.02. The predicted molar refractivity (Wildman–Crippen MR) is 83.6 cm³/mol. The van der Waals surface area contributed by atoms with E-state index in [1.54, 1.807) is 0 Å². The highest BCUT2D eigenvalue weighted by Crippen LogP contribution is 2.26. The van der Waals surface area contributed by atoms with Crippen molar-refractivity contribution in [1.29, 1.82) is 0 Å². The van der Waals surface area contributed by atoms with Gasteiger partial charge in [0.1, 0.15) is 5.82 Å². The van der Waals surface area contributed by atoms with E-state index < -0.39 is 0 Å². The van der Waals surface area contributed by atoms with E-state index in [0.717, 1.165) is 17.4 Å². The minimum atomic E-state index is -0.198. The lowest BCUT2D eigenvalue weighted by atomic mass is 9.95. The van der Waals surface area contributed by atoms with Gasteiger partial charge in [0.15, 0.2) is 0 Å². The minimum Gasteiger partial charge on any atom is -0.313 e. The number of aromatic nitrogens is 1. The second-order valence-electron chi connectivity index (χ2n) is 5.12. The lowest BCUT2D eigenvalue weighted by Crippen LogP contribution is -2.19. The van der Waals surface area contributed by atoms with E-state index in [1.165, 1.54) is 23.1 Å². The monoisotopic (exact) mass is 280 g/mol. The van der Waals surface area contributed by atoms with Crippen LogP contribution in [0, 0.1) is 5.82 Å². The normalized spacial score (nSPS) is 12.5. The number of fused-ring (bicyclic) bond motifs is 1. The number of nitrogens with zero attached hydrogens (tertiary/aromatic N) is 1. The summed E-state index contributed by atoms with van der Waals surface area (Å²) in [6, 6.07) is 15.2. The lowest BCUT2D eigenvalue weighted by Gasteiger charge is -2.19. The summed E-state index contributed by atoms with van der Waals surface area (Å²) in [6.45, 7) is 0. The maximum absolute atomic E-state index is 13.0. The fourth-order valence-electron chi connectivity index (χ4n) is 2.68. The molecule has 106 valence electrons. The molecular weight excluding hydrogens is 263 g/mol. The van der Waals surface area contributed by atoms with Gasteiger partial charge < -0.3 is 5.32 Å². The third kappa shape index (κ3) is 2.93. The Bertz CT molecular complexity index is 732. The Hall–Kier alpha value is -2.26. The number of hydrogen-bond acceptors (Lipinski definition) is 2. The van der Waals surface area contributed by atoms with E-state index in [9.17, 15) is 4.39 Å². The first-order valence-electron chi connectivity index (χ1n) is 7.02. The number of pyridine rings is 1. The summed E-state index contributed by atoms with van der Waals surface area (Å²) in [6.07, 6.45) is 4.51. The van der Waals surface area contributed by atoms with Gasteiger partial charge in [0.2, 0.25) is 0 Å². The zero-order chi connectivity index (χ0) is 14.7. The SMILES string of the molecule is CNC(Cc1ccc(F)cc1)c1cccc2cnccc12. The molecule has 0 bridgehead atoms. The van der Waals surface area contributed by atoms with E-state index in [4.69, 9.17) is 0 Å². The number of likely N-dealkylation sites (N-methyl/N-ethyl adjacent to an activating group) is 1. The molecular formula is C18H17FN2. The number of halogens is 1. The smallest absolute Gasteiger partial charge is 0.123 e. The van der Waals surface area contributed by atoms with Gasteiger partial charge in [-0.05, 0) is 48.2 Å². The summed E-state index contributed by atoms with van der Waals surface area (Å²) in [5.41, 5.74) is 2.35. The lowest BCUT2D eigenvalue weighted by molar-refractivity contribution is 0.592. The zero-order valence-electron chi connectivity index (χ0n) is 11.9. The van der Waals surface area contributed by atoms with Gasteiger partial charge in [0.05, 0.1) is 0 Å². The molecule has 1 atom stereocenters. The Kier molecular flexibility index (Phi) is 3.93. The van der Waals surface area contributed by atoms with Gasteiger partial charge in [-0.15, -0.1) is 0 Å². The molecule has 3 rings (SSSR count). The molecule has 3 aromatic rings. The molecule has 0 fully saturated rings. The van der Waals surface area contributed by atoms with Crippen LogP contribution in [0.25, 0.3) is 10.8 Å². The summed E-state index contributed by atoms with van der Waals surface area (Å²) in [4.78, 5) is 4.17. The quantitative estimate of drug-likeness (QED) is 0.784. The van der Waals surface area contributed by atoms with Crippen LogP contribution in [-0.2, 0) is 6.42 Å². The Balaban J connectivity index is 1.96. The molecule has 3 heteroatoms. The van der Waals surface area contributed by atoms with Crippen LogP contribution in [0.2, 0.25) is 0 Å². The highest BCUT2D eigenvalue weighted by atomic mass is 19.1. The Labute approximate surface area is 123 Å². The minimum absolute atomic E-state index is 0.182. The summed E-state index contributed by atoms with van der Waals surface area (Å²) in [5, 5.41) is 5.70. The average molecular weight is 280 g/mol. The van der Waals surface area contributed by atoms with E-state index in [2.05, 4.69) is 22.4 Å². The topological polar surface area (TPSA) is 24.9 Å². The van der Waals surface area contributed by atoms with Crippen LogP contribution >= 0.6 is 0 Å². The van der Waals surface area contributed by atoms with Gasteiger partial charge in [0.25, 0.3) is 0 Å². The molecule has 0 saturated carbocycles. The first kappa shape index (κ1) is 13.7. The molecule has 0 spiro atoms. The summed E-state index contributed by atoms with van der Waals surface area (Å²) in [7, 11) is 1.95. The molecule has 0 aliphatic rings.